The molecule has 1 heterocycles. The molecule has 1 saturated heterocycles. The monoisotopic (exact) mass is 352 g/mol. The van der Waals surface area contributed by atoms with Gasteiger partial charge in [0.25, 0.3) is 5.91 Å². The molecule has 0 radical (unpaired) electrons. The first-order chi connectivity index (χ1) is 12.7. The van der Waals surface area contributed by atoms with Gasteiger partial charge in [0.05, 0.1) is 11.3 Å². The van der Waals surface area contributed by atoms with E-state index in [1.165, 1.54) is 5.56 Å². The van der Waals surface area contributed by atoms with Crippen molar-refractivity contribution in [2.24, 2.45) is 5.92 Å². The molecule has 26 heavy (non-hydrogen) atoms. The van der Waals surface area contributed by atoms with Gasteiger partial charge in [-0.3, -0.25) is 9.59 Å². The largest absolute Gasteiger partial charge is 0.381 e. The quantitative estimate of drug-likeness (QED) is 0.840. The van der Waals surface area contributed by atoms with E-state index in [0.29, 0.717) is 31.0 Å². The highest BCUT2D eigenvalue weighted by atomic mass is 16.5. The number of carbonyl (C=O) groups is 2. The molecule has 5 nitrogen and oxygen atoms in total. The van der Waals surface area contributed by atoms with Crippen molar-refractivity contribution in [3.8, 4) is 0 Å². The van der Waals surface area contributed by atoms with Crippen molar-refractivity contribution < 1.29 is 14.3 Å². The van der Waals surface area contributed by atoms with E-state index in [-0.39, 0.29) is 17.7 Å². The second kappa shape index (κ2) is 9.15. The number of para-hydroxylation sites is 1. The molecule has 1 fully saturated rings. The van der Waals surface area contributed by atoms with Crippen LogP contribution < -0.4 is 10.6 Å². The van der Waals surface area contributed by atoms with Crippen LogP contribution in [-0.4, -0.2) is 31.6 Å². The number of rotatable bonds is 6. The van der Waals surface area contributed by atoms with Crippen molar-refractivity contribution >= 4 is 17.5 Å². The van der Waals surface area contributed by atoms with Gasteiger partial charge in [-0.2, -0.15) is 0 Å². The molecule has 2 aromatic carbocycles. The Morgan fingerprint density at radius 3 is 2.42 bits per heavy atom. The molecule has 3 rings (SSSR count). The van der Waals surface area contributed by atoms with Crippen LogP contribution in [0.15, 0.2) is 54.6 Å². The summed E-state index contributed by atoms with van der Waals surface area (Å²) in [4.78, 5) is 25.0. The zero-order valence-electron chi connectivity index (χ0n) is 14.7. The van der Waals surface area contributed by atoms with E-state index < -0.39 is 0 Å². The predicted molar refractivity (Wildman–Crippen MR) is 101 cm³/mol. The lowest BCUT2D eigenvalue weighted by Gasteiger charge is -2.21. The Bertz CT molecular complexity index is 740. The van der Waals surface area contributed by atoms with Crippen molar-refractivity contribution in [1.29, 1.82) is 0 Å². The normalized spacial score (nSPS) is 14.6. The summed E-state index contributed by atoms with van der Waals surface area (Å²) in [5.74, 6) is -0.278. The van der Waals surface area contributed by atoms with Gasteiger partial charge in [-0.15, -0.1) is 0 Å². The lowest BCUT2D eigenvalue weighted by atomic mass is 9.99. The van der Waals surface area contributed by atoms with Crippen LogP contribution in [0.4, 0.5) is 5.69 Å². The molecule has 0 saturated carbocycles. The smallest absolute Gasteiger partial charge is 0.253 e. The van der Waals surface area contributed by atoms with Crippen LogP contribution in [0.1, 0.15) is 28.8 Å². The van der Waals surface area contributed by atoms with Gasteiger partial charge in [0.1, 0.15) is 0 Å². The summed E-state index contributed by atoms with van der Waals surface area (Å²) in [7, 11) is 0. The van der Waals surface area contributed by atoms with Gasteiger partial charge in [-0.05, 0) is 37.0 Å². The van der Waals surface area contributed by atoms with Gasteiger partial charge < -0.3 is 15.4 Å². The van der Waals surface area contributed by atoms with Gasteiger partial charge in [-0.25, -0.2) is 0 Å². The summed E-state index contributed by atoms with van der Waals surface area (Å²) in [6, 6.07) is 17.1. The second-order valence-corrected chi connectivity index (χ2v) is 6.41. The summed E-state index contributed by atoms with van der Waals surface area (Å²) in [5.41, 5.74) is 2.22. The van der Waals surface area contributed by atoms with E-state index in [2.05, 4.69) is 10.6 Å². The summed E-state index contributed by atoms with van der Waals surface area (Å²) < 4.78 is 5.30. The molecule has 1 aliphatic rings. The molecule has 1 aliphatic heterocycles. The minimum absolute atomic E-state index is 0.0437. The standard InChI is InChI=1S/C21H24N2O3/c24-20(17-11-14-26-15-12-17)23-19-9-5-4-8-18(19)21(25)22-13-10-16-6-2-1-3-7-16/h1-9,17H,10-15H2,(H,22,25)(H,23,24). The predicted octanol–water partition coefficient (Wildman–Crippen LogP) is 3.02. The maximum absolute atomic E-state index is 12.5. The summed E-state index contributed by atoms with van der Waals surface area (Å²) in [6.07, 6.45) is 2.21. The number of nitrogens with one attached hydrogen (secondary N) is 2. The molecule has 2 aromatic rings. The van der Waals surface area contributed by atoms with Crippen LogP contribution in [0, 0.1) is 5.92 Å². The minimum Gasteiger partial charge on any atom is -0.381 e. The number of benzene rings is 2. The molecule has 0 aromatic heterocycles. The number of ether oxygens (including phenoxy) is 1. The third kappa shape index (κ3) is 4.92. The van der Waals surface area contributed by atoms with E-state index in [1.54, 1.807) is 18.2 Å². The van der Waals surface area contributed by atoms with Gasteiger partial charge in [0.15, 0.2) is 0 Å². The van der Waals surface area contributed by atoms with Crippen LogP contribution in [-0.2, 0) is 16.0 Å². The second-order valence-electron chi connectivity index (χ2n) is 6.41. The molecule has 0 bridgehead atoms. The molecule has 0 spiro atoms. The topological polar surface area (TPSA) is 67.4 Å². The van der Waals surface area contributed by atoms with Crippen molar-refractivity contribution in [1.82, 2.24) is 5.32 Å². The van der Waals surface area contributed by atoms with Crippen molar-refractivity contribution in [2.45, 2.75) is 19.3 Å². The number of hydrogen-bond acceptors (Lipinski definition) is 3. The highest BCUT2D eigenvalue weighted by Crippen LogP contribution is 2.20. The van der Waals surface area contributed by atoms with E-state index >= 15 is 0 Å². The Morgan fingerprint density at radius 2 is 1.65 bits per heavy atom. The first kappa shape index (κ1) is 18.1. The highest BCUT2D eigenvalue weighted by molar-refractivity contribution is 6.04. The number of anilines is 1. The lowest BCUT2D eigenvalue weighted by molar-refractivity contribution is -0.122. The van der Waals surface area contributed by atoms with Crippen molar-refractivity contribution in [3.05, 3.63) is 65.7 Å². The Kier molecular flexibility index (Phi) is 6.39. The van der Waals surface area contributed by atoms with Crippen molar-refractivity contribution in [3.63, 3.8) is 0 Å². The fourth-order valence-corrected chi connectivity index (χ4v) is 3.04. The number of hydrogen-bond donors (Lipinski definition) is 2. The lowest BCUT2D eigenvalue weighted by Crippen LogP contribution is -2.30. The highest BCUT2D eigenvalue weighted by Gasteiger charge is 2.23. The average molecular weight is 352 g/mol. The first-order valence-electron chi connectivity index (χ1n) is 9.04. The molecular formula is C21H24N2O3. The van der Waals surface area contributed by atoms with E-state index in [1.807, 2.05) is 36.4 Å². The third-order valence-electron chi connectivity index (χ3n) is 4.56. The number of carbonyl (C=O) groups excluding carboxylic acids is 2. The van der Waals surface area contributed by atoms with Crippen LogP contribution in [0.2, 0.25) is 0 Å². The minimum atomic E-state index is -0.177. The number of amides is 2. The van der Waals surface area contributed by atoms with Crippen LogP contribution >= 0.6 is 0 Å². The zero-order valence-corrected chi connectivity index (χ0v) is 14.7. The van der Waals surface area contributed by atoms with Crippen LogP contribution in [0.3, 0.4) is 0 Å². The van der Waals surface area contributed by atoms with Crippen LogP contribution in [0.5, 0.6) is 0 Å². The Labute approximate surface area is 153 Å². The van der Waals surface area contributed by atoms with Gasteiger partial charge in [0, 0.05) is 25.7 Å². The van der Waals surface area contributed by atoms with E-state index in [9.17, 15) is 9.59 Å². The molecule has 0 unspecified atom stereocenters. The summed E-state index contributed by atoms with van der Waals surface area (Å²) in [6.45, 7) is 1.77. The Balaban J connectivity index is 1.58. The fourth-order valence-electron chi connectivity index (χ4n) is 3.04. The SMILES string of the molecule is O=C(NCCc1ccccc1)c1ccccc1NC(=O)C1CCOCC1. The van der Waals surface area contributed by atoms with Gasteiger partial charge in [-0.1, -0.05) is 42.5 Å². The zero-order chi connectivity index (χ0) is 18.2. The average Bonchev–Trinajstić information content (AvgIpc) is 2.70. The summed E-state index contributed by atoms with van der Waals surface area (Å²) in [5, 5.41) is 5.84. The van der Waals surface area contributed by atoms with Crippen molar-refractivity contribution in [2.75, 3.05) is 25.1 Å². The molecule has 5 heteroatoms. The van der Waals surface area contributed by atoms with Gasteiger partial charge in [0.2, 0.25) is 5.91 Å². The molecule has 2 N–H and O–H groups in total. The maximum Gasteiger partial charge on any atom is 0.253 e. The van der Waals surface area contributed by atoms with Crippen LogP contribution in [0.25, 0.3) is 0 Å². The van der Waals surface area contributed by atoms with E-state index in [4.69, 9.17) is 4.74 Å². The Hall–Kier alpha value is -2.66. The molecule has 2 amide bonds. The fraction of sp³-hybridized carbons (Fsp3) is 0.333. The van der Waals surface area contributed by atoms with E-state index in [0.717, 1.165) is 19.3 Å². The third-order valence-corrected chi connectivity index (χ3v) is 4.56. The molecular weight excluding hydrogens is 328 g/mol. The molecule has 0 aliphatic carbocycles. The maximum atomic E-state index is 12.5. The first-order valence-corrected chi connectivity index (χ1v) is 9.04. The Morgan fingerprint density at radius 1 is 0.962 bits per heavy atom. The molecule has 0 atom stereocenters. The van der Waals surface area contributed by atoms with Gasteiger partial charge >= 0.3 is 0 Å². The summed E-state index contributed by atoms with van der Waals surface area (Å²) >= 11 is 0. The molecule has 136 valence electrons.